The van der Waals surface area contributed by atoms with Crippen LogP contribution in [0.3, 0.4) is 0 Å². The van der Waals surface area contributed by atoms with E-state index in [0.29, 0.717) is 24.4 Å². The van der Waals surface area contributed by atoms with Gasteiger partial charge in [0.25, 0.3) is 0 Å². The highest BCUT2D eigenvalue weighted by molar-refractivity contribution is 6.35. The molecule has 1 aliphatic carbocycles. The van der Waals surface area contributed by atoms with Crippen LogP contribution in [-0.4, -0.2) is 58.6 Å². The molecule has 2 fully saturated rings. The summed E-state index contributed by atoms with van der Waals surface area (Å²) in [5.74, 6) is -1.70. The lowest BCUT2D eigenvalue weighted by Gasteiger charge is -2.32. The number of halogens is 2. The number of fused-ring (bicyclic) bond motifs is 1. The summed E-state index contributed by atoms with van der Waals surface area (Å²) in [6.07, 6.45) is 7.78. The van der Waals surface area contributed by atoms with Crippen LogP contribution in [0.5, 0.6) is 0 Å². The molecule has 0 radical (unpaired) electrons. The molecule has 4 aliphatic rings. The van der Waals surface area contributed by atoms with Gasteiger partial charge in [0.05, 0.1) is 12.3 Å². The third-order valence-electron chi connectivity index (χ3n) is 5.87. The molecule has 3 aliphatic heterocycles. The molecule has 1 aromatic carbocycles. The lowest BCUT2D eigenvalue weighted by molar-refractivity contribution is -0.139. The van der Waals surface area contributed by atoms with E-state index in [1.165, 1.54) is 12.3 Å². The first-order chi connectivity index (χ1) is 15.0. The number of hydrogen-bond acceptors (Lipinski definition) is 6. The van der Waals surface area contributed by atoms with Crippen molar-refractivity contribution in [2.75, 3.05) is 6.54 Å². The van der Waals surface area contributed by atoms with Crippen molar-refractivity contribution in [2.24, 2.45) is 10.1 Å². The monoisotopic (exact) mass is 428 g/mol. The number of rotatable bonds is 3. The third-order valence-corrected chi connectivity index (χ3v) is 5.87. The Morgan fingerprint density at radius 2 is 1.90 bits per heavy atom. The van der Waals surface area contributed by atoms with Crippen molar-refractivity contribution in [3.8, 4) is 0 Å². The summed E-state index contributed by atoms with van der Waals surface area (Å²) in [6, 6.07) is 2.66. The first-order valence-corrected chi connectivity index (χ1v) is 10.4. The van der Waals surface area contributed by atoms with E-state index in [1.807, 2.05) is 4.90 Å². The van der Waals surface area contributed by atoms with Crippen molar-refractivity contribution in [1.29, 1.82) is 0 Å². The Kier molecular flexibility index (Phi) is 4.91. The molecule has 2 amide bonds. The molecule has 2 N–H and O–H groups in total. The van der Waals surface area contributed by atoms with Crippen molar-refractivity contribution < 1.29 is 18.4 Å². The second-order valence-electron chi connectivity index (χ2n) is 8.13. The van der Waals surface area contributed by atoms with Crippen LogP contribution >= 0.6 is 0 Å². The summed E-state index contributed by atoms with van der Waals surface area (Å²) < 4.78 is 28.1. The second kappa shape index (κ2) is 7.75. The van der Waals surface area contributed by atoms with E-state index in [9.17, 15) is 18.4 Å². The van der Waals surface area contributed by atoms with Gasteiger partial charge >= 0.3 is 11.8 Å². The van der Waals surface area contributed by atoms with Crippen LogP contribution in [0, 0.1) is 11.6 Å². The van der Waals surface area contributed by atoms with Crippen molar-refractivity contribution in [3.05, 3.63) is 47.7 Å². The Morgan fingerprint density at radius 1 is 1.10 bits per heavy atom. The highest BCUT2D eigenvalue weighted by Gasteiger charge is 2.37. The number of hydrazone groups is 1. The Labute approximate surface area is 177 Å². The van der Waals surface area contributed by atoms with Crippen LogP contribution in [-0.2, 0) is 9.59 Å². The van der Waals surface area contributed by atoms with E-state index in [0.717, 1.165) is 31.4 Å². The lowest BCUT2D eigenvalue weighted by atomic mass is 10.0. The molecule has 0 aromatic heterocycles. The normalized spacial score (nSPS) is 26.6. The molecule has 1 saturated heterocycles. The molecule has 8 nitrogen and oxygen atoms in total. The van der Waals surface area contributed by atoms with Crippen LogP contribution in [0.15, 0.2) is 40.6 Å². The number of carbonyl (C=O) groups excluding carboxylic acids is 2. The predicted molar refractivity (Wildman–Crippen MR) is 109 cm³/mol. The second-order valence-corrected chi connectivity index (χ2v) is 8.13. The van der Waals surface area contributed by atoms with Crippen molar-refractivity contribution in [3.63, 3.8) is 0 Å². The molecule has 2 unspecified atom stereocenters. The van der Waals surface area contributed by atoms with Gasteiger partial charge in [0.15, 0.2) is 6.17 Å². The van der Waals surface area contributed by atoms with Gasteiger partial charge in [-0.2, -0.15) is 5.10 Å². The molecule has 3 atom stereocenters. The van der Waals surface area contributed by atoms with E-state index in [1.54, 1.807) is 17.3 Å². The Morgan fingerprint density at radius 3 is 2.71 bits per heavy atom. The molecule has 1 aromatic rings. The topological polar surface area (TPSA) is 89.4 Å². The van der Waals surface area contributed by atoms with Crippen LogP contribution in [0.4, 0.5) is 8.78 Å². The van der Waals surface area contributed by atoms with E-state index in [4.69, 9.17) is 4.99 Å². The molecule has 3 heterocycles. The molecule has 0 bridgehead atoms. The minimum absolute atomic E-state index is 0.0875. The highest BCUT2D eigenvalue weighted by atomic mass is 19.1. The zero-order chi connectivity index (χ0) is 21.5. The molecule has 1 saturated carbocycles. The molecule has 31 heavy (non-hydrogen) atoms. The molecule has 5 rings (SSSR count). The zero-order valence-electron chi connectivity index (χ0n) is 16.7. The molecular formula is C21H22F2N6O2. The van der Waals surface area contributed by atoms with Crippen molar-refractivity contribution in [2.45, 2.75) is 50.0 Å². The SMILES string of the molecule is O=C(NC1CC1)C(=O)NC1C=NN2C=CC(N3CCC[C@@H]3c3cc(F)ccc3F)=NC12. The van der Waals surface area contributed by atoms with Gasteiger partial charge in [-0.15, -0.1) is 0 Å². The number of carbonyl (C=O) groups is 2. The van der Waals surface area contributed by atoms with Gasteiger partial charge in [-0.3, -0.25) is 9.59 Å². The number of amides is 2. The van der Waals surface area contributed by atoms with Gasteiger partial charge in [-0.25, -0.2) is 18.8 Å². The summed E-state index contributed by atoms with van der Waals surface area (Å²) in [5, 5.41) is 11.2. The Balaban J connectivity index is 1.33. The lowest BCUT2D eigenvalue weighted by Crippen LogP contribution is -2.51. The summed E-state index contributed by atoms with van der Waals surface area (Å²) in [7, 11) is 0. The Hall–Kier alpha value is -3.30. The fourth-order valence-corrected chi connectivity index (χ4v) is 4.16. The number of hydrogen-bond donors (Lipinski definition) is 2. The van der Waals surface area contributed by atoms with Crippen LogP contribution in [0.25, 0.3) is 0 Å². The third kappa shape index (κ3) is 3.89. The summed E-state index contributed by atoms with van der Waals surface area (Å²) in [4.78, 5) is 30.9. The van der Waals surface area contributed by atoms with E-state index >= 15 is 0 Å². The maximum absolute atomic E-state index is 14.4. The summed E-state index contributed by atoms with van der Waals surface area (Å²) in [5.41, 5.74) is 0.306. The number of nitrogens with one attached hydrogen (secondary N) is 2. The number of nitrogens with zero attached hydrogens (tertiary/aromatic N) is 4. The smallest absolute Gasteiger partial charge is 0.309 e. The van der Waals surface area contributed by atoms with Gasteiger partial charge in [0, 0.05) is 24.4 Å². The van der Waals surface area contributed by atoms with Gasteiger partial charge in [0.1, 0.15) is 23.5 Å². The van der Waals surface area contributed by atoms with Crippen LogP contribution < -0.4 is 10.6 Å². The highest BCUT2D eigenvalue weighted by Crippen LogP contribution is 2.35. The maximum atomic E-state index is 14.4. The van der Waals surface area contributed by atoms with Crippen LogP contribution in [0.1, 0.15) is 37.3 Å². The van der Waals surface area contributed by atoms with Gasteiger partial charge in [0.2, 0.25) is 0 Å². The number of aliphatic imine (C=N–C) groups is 1. The largest absolute Gasteiger partial charge is 0.350 e. The predicted octanol–water partition coefficient (Wildman–Crippen LogP) is 1.42. The molecule has 10 heteroatoms. The standard InChI is InChI=1S/C21H22F2N6O2/c22-12-3-6-15(23)14(10-12)17-2-1-8-28(17)18-7-9-29-19(27-18)16(11-24-29)26-21(31)20(30)25-13-4-5-13/h3,6-7,9-11,13,16-17,19H,1-2,4-5,8H2,(H,25,30)(H,26,31)/t16?,17-,19?/m1/s1. The average Bonchev–Trinajstić information content (AvgIpc) is 3.29. The fourth-order valence-electron chi connectivity index (χ4n) is 4.16. The number of amidine groups is 1. The minimum Gasteiger partial charge on any atom is -0.350 e. The molecular weight excluding hydrogens is 406 g/mol. The zero-order valence-corrected chi connectivity index (χ0v) is 16.7. The van der Waals surface area contributed by atoms with E-state index in [-0.39, 0.29) is 12.1 Å². The van der Waals surface area contributed by atoms with Gasteiger partial charge in [-0.05, 0) is 50.0 Å². The average molecular weight is 428 g/mol. The first-order valence-electron chi connectivity index (χ1n) is 10.4. The van der Waals surface area contributed by atoms with Crippen molar-refractivity contribution in [1.82, 2.24) is 20.5 Å². The van der Waals surface area contributed by atoms with E-state index in [2.05, 4.69) is 15.7 Å². The van der Waals surface area contributed by atoms with Gasteiger partial charge in [-0.1, -0.05) is 0 Å². The first kappa shape index (κ1) is 19.7. The maximum Gasteiger partial charge on any atom is 0.309 e. The van der Waals surface area contributed by atoms with Gasteiger partial charge < -0.3 is 15.5 Å². The number of likely N-dealkylation sites (tertiary alicyclic amines) is 1. The molecule has 162 valence electrons. The van der Waals surface area contributed by atoms with Crippen LogP contribution in [0.2, 0.25) is 0 Å². The molecule has 0 spiro atoms. The Bertz CT molecular complexity index is 1010. The number of benzene rings is 1. The quantitative estimate of drug-likeness (QED) is 0.713. The fraction of sp³-hybridized carbons (Fsp3) is 0.429. The van der Waals surface area contributed by atoms with Crippen molar-refractivity contribution >= 4 is 23.9 Å². The summed E-state index contributed by atoms with van der Waals surface area (Å²) in [6.45, 7) is 0.651. The minimum atomic E-state index is -0.725. The van der Waals surface area contributed by atoms with E-state index < -0.39 is 35.7 Å². The summed E-state index contributed by atoms with van der Waals surface area (Å²) >= 11 is 0.